The Balaban J connectivity index is 1.23. The van der Waals surface area contributed by atoms with E-state index in [9.17, 15) is 0 Å². The van der Waals surface area contributed by atoms with Crippen LogP contribution >= 0.6 is 0 Å². The molecule has 3 nitrogen and oxygen atoms in total. The van der Waals surface area contributed by atoms with Crippen LogP contribution in [0.5, 0.6) is 0 Å². The highest BCUT2D eigenvalue weighted by atomic mass is 28.3. The average molecular weight is 657 g/mol. The van der Waals surface area contributed by atoms with Crippen LogP contribution in [0, 0.1) is 0 Å². The maximum atomic E-state index is 6.36. The molecule has 0 spiro atoms. The van der Waals surface area contributed by atoms with Crippen LogP contribution in [0.4, 0.5) is 0 Å². The van der Waals surface area contributed by atoms with Crippen molar-refractivity contribution in [2.45, 2.75) is 0 Å². The monoisotopic (exact) mass is 656 g/mol. The third-order valence-corrected chi connectivity index (χ3v) is 14.4. The summed E-state index contributed by atoms with van der Waals surface area (Å²) in [6.07, 6.45) is 0. The summed E-state index contributed by atoms with van der Waals surface area (Å²) in [5.41, 5.74) is 7.34. The number of para-hydroxylation sites is 1. The van der Waals surface area contributed by atoms with E-state index in [2.05, 4.69) is 158 Å². The van der Waals surface area contributed by atoms with Crippen LogP contribution in [0.3, 0.4) is 0 Å². The van der Waals surface area contributed by atoms with Gasteiger partial charge in [-0.05, 0) is 50.1 Å². The maximum Gasteiger partial charge on any atom is 0.180 e. The van der Waals surface area contributed by atoms with Crippen molar-refractivity contribution < 1.29 is 4.42 Å². The lowest BCUT2D eigenvalue weighted by molar-refractivity contribution is 0.667. The van der Waals surface area contributed by atoms with E-state index in [1.54, 1.807) is 0 Å². The topological polar surface area (TPSA) is 38.9 Å². The molecule has 236 valence electrons. The van der Waals surface area contributed by atoms with Gasteiger partial charge in [-0.25, -0.2) is 9.97 Å². The van der Waals surface area contributed by atoms with E-state index in [0.717, 1.165) is 44.4 Å². The largest absolute Gasteiger partial charge is 0.452 e. The van der Waals surface area contributed by atoms with E-state index >= 15 is 0 Å². The van der Waals surface area contributed by atoms with Crippen molar-refractivity contribution in [1.82, 2.24) is 9.97 Å². The number of furan rings is 1. The van der Waals surface area contributed by atoms with E-state index in [1.807, 2.05) is 36.4 Å². The van der Waals surface area contributed by atoms with E-state index in [4.69, 9.17) is 14.4 Å². The Labute approximate surface area is 292 Å². The van der Waals surface area contributed by atoms with Gasteiger partial charge in [0, 0.05) is 16.5 Å². The van der Waals surface area contributed by atoms with Gasteiger partial charge < -0.3 is 4.42 Å². The minimum absolute atomic E-state index is 0.669. The minimum Gasteiger partial charge on any atom is -0.452 e. The fourth-order valence-corrected chi connectivity index (χ4v) is 12.1. The molecule has 4 heteroatoms. The van der Waals surface area contributed by atoms with Gasteiger partial charge in [-0.2, -0.15) is 0 Å². The van der Waals surface area contributed by atoms with Gasteiger partial charge in [-0.1, -0.05) is 176 Å². The molecule has 9 aromatic rings. The summed E-state index contributed by atoms with van der Waals surface area (Å²) in [5.74, 6) is 0.669. The van der Waals surface area contributed by atoms with Gasteiger partial charge in [0.05, 0.1) is 0 Å². The Morgan fingerprint density at radius 2 is 0.860 bits per heavy atom. The average Bonchev–Trinajstić information content (AvgIpc) is 3.58. The summed E-state index contributed by atoms with van der Waals surface area (Å²) >= 11 is 0. The van der Waals surface area contributed by atoms with Crippen LogP contribution in [-0.2, 0) is 0 Å². The van der Waals surface area contributed by atoms with Crippen molar-refractivity contribution in [2.24, 2.45) is 0 Å². The molecule has 0 saturated heterocycles. The summed E-state index contributed by atoms with van der Waals surface area (Å²) in [6.45, 7) is 0. The van der Waals surface area contributed by atoms with Crippen molar-refractivity contribution >= 4 is 50.9 Å². The molecule has 0 N–H and O–H groups in total. The lowest BCUT2D eigenvalue weighted by atomic mass is 10.0. The third-order valence-electron chi connectivity index (χ3n) is 9.64. The van der Waals surface area contributed by atoms with E-state index in [1.165, 1.54) is 20.7 Å². The summed E-state index contributed by atoms with van der Waals surface area (Å²) in [6, 6.07) is 69.2. The molecular weight excluding hydrogens is 625 g/mol. The highest BCUT2D eigenvalue weighted by Gasteiger charge is 2.41. The lowest BCUT2D eigenvalue weighted by Crippen LogP contribution is -2.74. The Morgan fingerprint density at radius 3 is 1.50 bits per heavy atom. The second-order valence-corrected chi connectivity index (χ2v) is 16.4. The van der Waals surface area contributed by atoms with Gasteiger partial charge in [0.2, 0.25) is 0 Å². The van der Waals surface area contributed by atoms with Crippen molar-refractivity contribution in [3.63, 3.8) is 0 Å². The molecule has 2 aromatic heterocycles. The summed E-state index contributed by atoms with van der Waals surface area (Å²) in [5, 5.41) is 6.37. The predicted molar refractivity (Wildman–Crippen MR) is 209 cm³/mol. The van der Waals surface area contributed by atoms with Crippen molar-refractivity contribution in [2.75, 3.05) is 0 Å². The number of rotatable bonds is 7. The molecule has 0 radical (unpaired) electrons. The molecule has 0 bridgehead atoms. The molecule has 9 rings (SSSR count). The molecule has 0 saturated carbocycles. The molecule has 2 heterocycles. The summed E-state index contributed by atoms with van der Waals surface area (Å²) < 4.78 is 6.36. The SMILES string of the molecule is c1ccc(-c2nc(-c3cccc(-c4cccc([Si](c5ccccc5)(c5ccccc5)c5ccccc5)c4)c3)nc3c2oc2ccccc23)cc1. The van der Waals surface area contributed by atoms with Gasteiger partial charge in [0.15, 0.2) is 19.5 Å². The fourth-order valence-electron chi connectivity index (χ4n) is 7.35. The van der Waals surface area contributed by atoms with Gasteiger partial charge in [0.25, 0.3) is 0 Å². The first-order valence-electron chi connectivity index (χ1n) is 16.9. The van der Waals surface area contributed by atoms with Crippen LogP contribution in [0.15, 0.2) is 199 Å². The molecule has 0 aliphatic heterocycles. The number of fused-ring (bicyclic) bond motifs is 3. The summed E-state index contributed by atoms with van der Waals surface area (Å²) in [4.78, 5) is 10.3. The first-order chi connectivity index (χ1) is 24.8. The predicted octanol–water partition coefficient (Wildman–Crippen LogP) is 8.75. The van der Waals surface area contributed by atoms with Crippen LogP contribution in [0.1, 0.15) is 0 Å². The number of benzene rings is 7. The minimum atomic E-state index is -2.67. The first-order valence-corrected chi connectivity index (χ1v) is 18.9. The van der Waals surface area contributed by atoms with Gasteiger partial charge >= 0.3 is 0 Å². The van der Waals surface area contributed by atoms with Crippen LogP contribution in [0.25, 0.3) is 55.8 Å². The van der Waals surface area contributed by atoms with E-state index in [-0.39, 0.29) is 0 Å². The quantitative estimate of drug-likeness (QED) is 0.127. The van der Waals surface area contributed by atoms with Crippen molar-refractivity contribution in [3.8, 4) is 33.8 Å². The molecular formula is C46H32N2OSi. The Kier molecular flexibility index (Phi) is 7.49. The van der Waals surface area contributed by atoms with E-state index in [0.29, 0.717) is 11.4 Å². The number of nitrogens with zero attached hydrogens (tertiary/aromatic N) is 2. The fraction of sp³-hybridized carbons (Fsp3) is 0. The zero-order valence-electron chi connectivity index (χ0n) is 27.3. The Bertz CT molecular complexity index is 2490. The number of hydrogen-bond donors (Lipinski definition) is 0. The normalized spacial score (nSPS) is 11.6. The van der Waals surface area contributed by atoms with Crippen molar-refractivity contribution in [1.29, 1.82) is 0 Å². The molecule has 0 amide bonds. The van der Waals surface area contributed by atoms with Gasteiger partial charge in [-0.3, -0.25) is 0 Å². The smallest absolute Gasteiger partial charge is 0.180 e. The molecule has 0 fully saturated rings. The highest BCUT2D eigenvalue weighted by molar-refractivity contribution is 7.19. The van der Waals surface area contributed by atoms with Gasteiger partial charge in [0.1, 0.15) is 16.8 Å². The maximum absolute atomic E-state index is 6.36. The van der Waals surface area contributed by atoms with Crippen LogP contribution in [0.2, 0.25) is 0 Å². The number of aromatic nitrogens is 2. The summed E-state index contributed by atoms with van der Waals surface area (Å²) in [7, 11) is -2.67. The third kappa shape index (κ3) is 5.05. The zero-order valence-corrected chi connectivity index (χ0v) is 28.3. The van der Waals surface area contributed by atoms with Crippen LogP contribution in [-0.4, -0.2) is 18.0 Å². The van der Waals surface area contributed by atoms with Gasteiger partial charge in [-0.15, -0.1) is 0 Å². The molecule has 0 aliphatic carbocycles. The molecule has 0 unspecified atom stereocenters. The first kappa shape index (κ1) is 29.8. The Morgan fingerprint density at radius 1 is 0.380 bits per heavy atom. The number of hydrogen-bond acceptors (Lipinski definition) is 3. The Hall–Kier alpha value is -6.36. The highest BCUT2D eigenvalue weighted by Crippen LogP contribution is 2.36. The zero-order chi connectivity index (χ0) is 33.3. The second kappa shape index (κ2) is 12.6. The van der Waals surface area contributed by atoms with Crippen molar-refractivity contribution in [3.05, 3.63) is 194 Å². The lowest BCUT2D eigenvalue weighted by Gasteiger charge is -2.34. The molecule has 50 heavy (non-hydrogen) atoms. The standard InChI is InChI=1S/C46H32N2OSi/c1-5-17-33(18-6-1)43-45-44(41-29-13-14-30-42(41)49-45)48-46(47-43)36-21-15-19-34(31-36)35-20-16-28-40(32-35)50(37-22-7-2-8-23-37,38-24-9-3-10-25-38)39-26-11-4-12-27-39/h1-32H. The molecule has 0 atom stereocenters. The molecule has 7 aromatic carbocycles. The van der Waals surface area contributed by atoms with E-state index < -0.39 is 8.07 Å². The van der Waals surface area contributed by atoms with Crippen LogP contribution < -0.4 is 20.7 Å². The molecule has 0 aliphatic rings. The second-order valence-electron chi connectivity index (χ2n) is 12.5.